The molecule has 0 radical (unpaired) electrons. The lowest BCUT2D eigenvalue weighted by Crippen LogP contribution is -2.07. The number of hydrogen-bond donors (Lipinski definition) is 0. The molecule has 15 heavy (non-hydrogen) atoms. The van der Waals surface area contributed by atoms with Crippen LogP contribution in [0.4, 0.5) is 17.6 Å². The van der Waals surface area contributed by atoms with Crippen LogP contribution in [0.5, 0.6) is 0 Å². The van der Waals surface area contributed by atoms with Crippen molar-refractivity contribution in [2.45, 2.75) is 26.7 Å². The number of aromatic nitrogens is 1. The standard InChI is InChI=1S/C10H11F4N/c1-5(2)3-4-6-7(11)9(13)15-10(14)8(6)12/h5H,3-4H2,1-2H3. The van der Waals surface area contributed by atoms with E-state index in [1.54, 1.807) is 0 Å². The van der Waals surface area contributed by atoms with Crippen LogP contribution < -0.4 is 0 Å². The highest BCUT2D eigenvalue weighted by atomic mass is 19.2. The van der Waals surface area contributed by atoms with E-state index in [1.807, 2.05) is 13.8 Å². The fourth-order valence-electron chi connectivity index (χ4n) is 1.18. The largest absolute Gasteiger partial charge is 0.252 e. The van der Waals surface area contributed by atoms with Gasteiger partial charge in [0.2, 0.25) is 0 Å². The summed E-state index contributed by atoms with van der Waals surface area (Å²) in [7, 11) is 0. The van der Waals surface area contributed by atoms with Crippen molar-refractivity contribution in [2.75, 3.05) is 0 Å². The zero-order valence-corrected chi connectivity index (χ0v) is 8.45. The number of halogens is 4. The zero-order valence-electron chi connectivity index (χ0n) is 8.45. The highest BCUT2D eigenvalue weighted by Gasteiger charge is 2.20. The van der Waals surface area contributed by atoms with Crippen molar-refractivity contribution in [1.29, 1.82) is 0 Å². The molecule has 0 saturated carbocycles. The second-order valence-corrected chi connectivity index (χ2v) is 3.73. The van der Waals surface area contributed by atoms with Crippen molar-refractivity contribution in [2.24, 2.45) is 5.92 Å². The van der Waals surface area contributed by atoms with E-state index >= 15 is 0 Å². The molecule has 5 heteroatoms. The Morgan fingerprint density at radius 1 is 1.00 bits per heavy atom. The molecule has 0 N–H and O–H groups in total. The minimum Gasteiger partial charge on any atom is -0.202 e. The fraction of sp³-hybridized carbons (Fsp3) is 0.500. The van der Waals surface area contributed by atoms with Crippen LogP contribution in [0, 0.1) is 29.4 Å². The Kier molecular flexibility index (Phi) is 3.66. The van der Waals surface area contributed by atoms with Crippen LogP contribution in [0.1, 0.15) is 25.8 Å². The summed E-state index contributed by atoms with van der Waals surface area (Å²) in [5.74, 6) is -5.77. The predicted octanol–water partition coefficient (Wildman–Crippen LogP) is 3.23. The van der Waals surface area contributed by atoms with Gasteiger partial charge in [-0.15, -0.1) is 0 Å². The number of nitrogens with zero attached hydrogens (tertiary/aromatic N) is 1. The molecule has 1 rings (SSSR count). The van der Waals surface area contributed by atoms with Gasteiger partial charge in [-0.3, -0.25) is 0 Å². The summed E-state index contributed by atoms with van der Waals surface area (Å²) < 4.78 is 51.4. The maximum Gasteiger partial charge on any atom is 0.252 e. The number of hydrogen-bond acceptors (Lipinski definition) is 1. The first-order chi connectivity index (χ1) is 6.93. The van der Waals surface area contributed by atoms with Gasteiger partial charge in [0.1, 0.15) is 0 Å². The molecule has 0 atom stereocenters. The molecule has 1 heterocycles. The Morgan fingerprint density at radius 2 is 1.47 bits per heavy atom. The summed E-state index contributed by atoms with van der Waals surface area (Å²) in [6.07, 6.45) is 0.419. The van der Waals surface area contributed by atoms with Gasteiger partial charge in [0, 0.05) is 5.56 Å². The smallest absolute Gasteiger partial charge is 0.202 e. The van der Waals surface area contributed by atoms with Gasteiger partial charge in [0.15, 0.2) is 11.6 Å². The van der Waals surface area contributed by atoms with E-state index in [2.05, 4.69) is 4.98 Å². The average molecular weight is 221 g/mol. The molecule has 0 aliphatic rings. The second-order valence-electron chi connectivity index (χ2n) is 3.73. The average Bonchev–Trinajstić information content (AvgIpc) is 2.14. The summed E-state index contributed by atoms with van der Waals surface area (Å²) in [6.45, 7) is 3.70. The lowest BCUT2D eigenvalue weighted by Gasteiger charge is -2.07. The van der Waals surface area contributed by atoms with Crippen LogP contribution in [0.25, 0.3) is 0 Å². The minimum absolute atomic E-state index is 0.0360. The normalized spacial score (nSPS) is 11.1. The first kappa shape index (κ1) is 11.9. The van der Waals surface area contributed by atoms with Crippen molar-refractivity contribution in [3.63, 3.8) is 0 Å². The van der Waals surface area contributed by atoms with Crippen molar-refractivity contribution >= 4 is 0 Å². The molecule has 1 nitrogen and oxygen atoms in total. The molecule has 0 aliphatic carbocycles. The quantitative estimate of drug-likeness (QED) is 0.564. The monoisotopic (exact) mass is 221 g/mol. The van der Waals surface area contributed by atoms with Gasteiger partial charge >= 0.3 is 0 Å². The Hall–Kier alpha value is -1.13. The van der Waals surface area contributed by atoms with E-state index in [1.165, 1.54) is 0 Å². The first-order valence-corrected chi connectivity index (χ1v) is 4.62. The van der Waals surface area contributed by atoms with Gasteiger partial charge in [0.25, 0.3) is 11.9 Å². The molecule has 0 fully saturated rings. The van der Waals surface area contributed by atoms with E-state index in [9.17, 15) is 17.6 Å². The summed E-state index contributed by atoms with van der Waals surface area (Å²) >= 11 is 0. The summed E-state index contributed by atoms with van der Waals surface area (Å²) in [5, 5.41) is 0. The van der Waals surface area contributed by atoms with E-state index in [-0.39, 0.29) is 12.3 Å². The maximum atomic E-state index is 13.0. The third kappa shape index (κ3) is 2.67. The van der Waals surface area contributed by atoms with Gasteiger partial charge in [-0.2, -0.15) is 13.8 Å². The molecule has 0 saturated heterocycles. The molecule has 0 unspecified atom stereocenters. The molecular formula is C10H11F4N. The topological polar surface area (TPSA) is 12.9 Å². The zero-order chi connectivity index (χ0) is 11.6. The molecule has 0 aromatic carbocycles. The Labute approximate surface area is 85.1 Å². The van der Waals surface area contributed by atoms with Crippen molar-refractivity contribution < 1.29 is 17.6 Å². The minimum atomic E-state index is -1.59. The molecule has 1 aromatic heterocycles. The highest BCUT2D eigenvalue weighted by molar-refractivity contribution is 5.17. The first-order valence-electron chi connectivity index (χ1n) is 4.62. The van der Waals surface area contributed by atoms with Crippen LogP contribution in [-0.2, 0) is 6.42 Å². The highest BCUT2D eigenvalue weighted by Crippen LogP contribution is 2.19. The van der Waals surface area contributed by atoms with Gasteiger partial charge in [-0.25, -0.2) is 8.78 Å². The summed E-state index contributed by atoms with van der Waals surface area (Å²) in [6, 6.07) is 0. The van der Waals surface area contributed by atoms with Gasteiger partial charge in [0.05, 0.1) is 0 Å². The predicted molar refractivity (Wildman–Crippen MR) is 47.2 cm³/mol. The summed E-state index contributed by atoms with van der Waals surface area (Å²) in [4.78, 5) is 2.48. The van der Waals surface area contributed by atoms with Crippen LogP contribution >= 0.6 is 0 Å². The van der Waals surface area contributed by atoms with Gasteiger partial charge < -0.3 is 0 Å². The Balaban J connectivity index is 3.04. The molecule has 84 valence electrons. The molecule has 1 aromatic rings. The van der Waals surface area contributed by atoms with E-state index in [0.717, 1.165) is 0 Å². The third-order valence-corrected chi connectivity index (χ3v) is 2.06. The molecule has 0 amide bonds. The second kappa shape index (κ2) is 4.59. The van der Waals surface area contributed by atoms with E-state index < -0.39 is 29.1 Å². The lowest BCUT2D eigenvalue weighted by atomic mass is 10.0. The lowest BCUT2D eigenvalue weighted by molar-refractivity contribution is 0.391. The van der Waals surface area contributed by atoms with Gasteiger partial charge in [-0.1, -0.05) is 13.8 Å². The van der Waals surface area contributed by atoms with E-state index in [0.29, 0.717) is 6.42 Å². The SMILES string of the molecule is CC(C)CCc1c(F)c(F)nc(F)c1F. The maximum absolute atomic E-state index is 13.0. The summed E-state index contributed by atoms with van der Waals surface area (Å²) in [5.41, 5.74) is -0.561. The number of rotatable bonds is 3. The van der Waals surface area contributed by atoms with Crippen LogP contribution in [-0.4, -0.2) is 4.98 Å². The van der Waals surface area contributed by atoms with Crippen LogP contribution in [0.3, 0.4) is 0 Å². The molecule has 0 spiro atoms. The third-order valence-electron chi connectivity index (χ3n) is 2.06. The van der Waals surface area contributed by atoms with E-state index in [4.69, 9.17) is 0 Å². The molecular weight excluding hydrogens is 210 g/mol. The van der Waals surface area contributed by atoms with Crippen molar-refractivity contribution in [3.05, 3.63) is 29.1 Å². The van der Waals surface area contributed by atoms with Crippen LogP contribution in [0.15, 0.2) is 0 Å². The van der Waals surface area contributed by atoms with Crippen molar-refractivity contribution in [1.82, 2.24) is 4.98 Å². The Morgan fingerprint density at radius 3 is 1.87 bits per heavy atom. The Bertz CT molecular complexity index is 337. The molecule has 0 aliphatic heterocycles. The number of pyridine rings is 1. The van der Waals surface area contributed by atoms with Crippen molar-refractivity contribution in [3.8, 4) is 0 Å². The van der Waals surface area contributed by atoms with Crippen LogP contribution in [0.2, 0.25) is 0 Å². The molecule has 0 bridgehead atoms. The fourth-order valence-corrected chi connectivity index (χ4v) is 1.18. The van der Waals surface area contributed by atoms with Gasteiger partial charge in [-0.05, 0) is 18.8 Å².